The number of hydrogen-bond acceptors (Lipinski definition) is 4. The molecule has 0 radical (unpaired) electrons. The van der Waals surface area contributed by atoms with E-state index in [1.54, 1.807) is 0 Å². The molecule has 3 aliphatic rings. The molecule has 1 aromatic rings. The molecule has 31 heavy (non-hydrogen) atoms. The number of carbonyl (C=O) groups excluding carboxylic acids is 1. The van der Waals surface area contributed by atoms with Gasteiger partial charge in [0.25, 0.3) is 0 Å². The normalized spacial score (nSPS) is 27.4. The number of nitrogens with zero attached hydrogens (tertiary/aromatic N) is 1. The summed E-state index contributed by atoms with van der Waals surface area (Å²) in [6.07, 6.45) is 9.77. The van der Waals surface area contributed by atoms with Crippen LogP contribution in [0.4, 0.5) is 0 Å². The zero-order valence-corrected chi connectivity index (χ0v) is 19.3. The second kappa shape index (κ2) is 9.60. The van der Waals surface area contributed by atoms with Crippen LogP contribution in [0.5, 0.6) is 0 Å². The van der Waals surface area contributed by atoms with E-state index in [9.17, 15) is 15.0 Å². The van der Waals surface area contributed by atoms with Crippen molar-refractivity contribution in [3.63, 3.8) is 0 Å². The Labute approximate surface area is 187 Å². The van der Waals surface area contributed by atoms with Gasteiger partial charge in [-0.2, -0.15) is 0 Å². The lowest BCUT2D eigenvalue weighted by molar-refractivity contribution is -0.134. The van der Waals surface area contributed by atoms with E-state index in [1.165, 1.54) is 43.2 Å². The second-order valence-corrected chi connectivity index (χ2v) is 10.5. The minimum Gasteiger partial charge on any atom is -0.393 e. The molecule has 1 unspecified atom stereocenters. The average Bonchev–Trinajstić information content (AvgIpc) is 3.17. The molecule has 2 saturated carbocycles. The molecule has 0 saturated heterocycles. The van der Waals surface area contributed by atoms with Gasteiger partial charge in [-0.1, -0.05) is 43.9 Å². The largest absolute Gasteiger partial charge is 0.393 e. The molecule has 172 valence electrons. The van der Waals surface area contributed by atoms with E-state index in [-0.39, 0.29) is 24.0 Å². The van der Waals surface area contributed by atoms with Gasteiger partial charge in [-0.3, -0.25) is 4.79 Å². The van der Waals surface area contributed by atoms with E-state index in [0.29, 0.717) is 19.0 Å². The first-order chi connectivity index (χ1) is 14.8. The quantitative estimate of drug-likeness (QED) is 0.646. The lowest BCUT2D eigenvalue weighted by Crippen LogP contribution is -2.47. The van der Waals surface area contributed by atoms with E-state index < -0.39 is 5.60 Å². The van der Waals surface area contributed by atoms with E-state index in [0.717, 1.165) is 37.8 Å². The smallest absolute Gasteiger partial charge is 0.237 e. The molecule has 2 aliphatic carbocycles. The number of nitrogens with one attached hydrogen (secondary N) is 1. The highest BCUT2D eigenvalue weighted by atomic mass is 16.3. The van der Waals surface area contributed by atoms with Gasteiger partial charge < -0.3 is 20.4 Å². The Morgan fingerprint density at radius 2 is 1.90 bits per heavy atom. The summed E-state index contributed by atoms with van der Waals surface area (Å²) in [7, 11) is 0. The van der Waals surface area contributed by atoms with Crippen molar-refractivity contribution >= 4 is 5.91 Å². The maximum Gasteiger partial charge on any atom is 0.237 e. The van der Waals surface area contributed by atoms with Gasteiger partial charge in [0, 0.05) is 13.1 Å². The molecule has 1 heterocycles. The topological polar surface area (TPSA) is 72.8 Å². The third kappa shape index (κ3) is 5.15. The van der Waals surface area contributed by atoms with Crippen molar-refractivity contribution < 1.29 is 15.0 Å². The molecule has 5 heteroatoms. The second-order valence-electron chi connectivity index (χ2n) is 10.5. The Morgan fingerprint density at radius 1 is 1.13 bits per heavy atom. The Balaban J connectivity index is 1.53. The maximum absolute atomic E-state index is 13.3. The van der Waals surface area contributed by atoms with Crippen LogP contribution in [0.25, 0.3) is 0 Å². The number of fused-ring (bicyclic) bond motifs is 1. The molecule has 0 bridgehead atoms. The molecular weight excluding hydrogens is 388 g/mol. The third-order valence-corrected chi connectivity index (χ3v) is 7.85. The van der Waals surface area contributed by atoms with Crippen molar-refractivity contribution in [3.8, 4) is 0 Å². The van der Waals surface area contributed by atoms with Crippen LogP contribution in [0.3, 0.4) is 0 Å². The molecule has 1 aliphatic heterocycles. The zero-order valence-electron chi connectivity index (χ0n) is 19.3. The molecular formula is C26H40N2O3. The van der Waals surface area contributed by atoms with Crippen LogP contribution < -0.4 is 5.32 Å². The van der Waals surface area contributed by atoms with Gasteiger partial charge >= 0.3 is 0 Å². The van der Waals surface area contributed by atoms with Gasteiger partial charge in [-0.25, -0.2) is 0 Å². The number of aliphatic hydroxyl groups excluding tert-OH is 1. The Morgan fingerprint density at radius 3 is 2.58 bits per heavy atom. The van der Waals surface area contributed by atoms with Crippen molar-refractivity contribution in [3.05, 3.63) is 34.9 Å². The van der Waals surface area contributed by atoms with E-state index in [1.807, 2.05) is 19.9 Å². The predicted octanol–water partition coefficient (Wildman–Crippen LogP) is 3.67. The summed E-state index contributed by atoms with van der Waals surface area (Å²) in [5, 5.41) is 24.0. The number of benzene rings is 1. The van der Waals surface area contributed by atoms with Crippen molar-refractivity contribution in [2.45, 2.75) is 89.4 Å². The van der Waals surface area contributed by atoms with Crippen LogP contribution in [-0.2, 0) is 16.8 Å². The standard InChI is InChI=1S/C26H40N2O3/c1-26(2,31)21-12-11-18-13-14-28(24(30)17-27-16-20-9-6-10-23(20)29)25(22(18)15-21)19-7-4-3-5-8-19/h11-12,15,19-20,23,25,27,29,31H,3-10,13-14,16-17H2,1-2H3/t20-,23-,25?/m0/s1. The van der Waals surface area contributed by atoms with Crippen molar-refractivity contribution in [1.82, 2.24) is 10.2 Å². The summed E-state index contributed by atoms with van der Waals surface area (Å²) >= 11 is 0. The van der Waals surface area contributed by atoms with Gasteiger partial charge in [0.2, 0.25) is 5.91 Å². The average molecular weight is 429 g/mol. The van der Waals surface area contributed by atoms with Crippen LogP contribution in [0.2, 0.25) is 0 Å². The number of hydrogen-bond donors (Lipinski definition) is 3. The van der Waals surface area contributed by atoms with E-state index >= 15 is 0 Å². The van der Waals surface area contributed by atoms with E-state index in [4.69, 9.17) is 0 Å². The maximum atomic E-state index is 13.3. The first kappa shape index (κ1) is 22.8. The molecule has 4 rings (SSSR count). The number of aliphatic hydroxyl groups is 2. The highest BCUT2D eigenvalue weighted by molar-refractivity contribution is 5.79. The lowest BCUT2D eigenvalue weighted by Gasteiger charge is -2.43. The fraction of sp³-hybridized carbons (Fsp3) is 0.731. The molecule has 3 N–H and O–H groups in total. The lowest BCUT2D eigenvalue weighted by atomic mass is 9.76. The predicted molar refractivity (Wildman–Crippen MR) is 123 cm³/mol. The summed E-state index contributed by atoms with van der Waals surface area (Å²) in [6.45, 7) is 5.48. The minimum absolute atomic E-state index is 0.109. The fourth-order valence-corrected chi connectivity index (χ4v) is 5.99. The number of carbonyl (C=O) groups is 1. The summed E-state index contributed by atoms with van der Waals surface area (Å²) < 4.78 is 0. The number of rotatable bonds is 6. The summed E-state index contributed by atoms with van der Waals surface area (Å²) in [5.41, 5.74) is 2.61. The Kier molecular flexibility index (Phi) is 7.04. The molecule has 2 fully saturated rings. The van der Waals surface area contributed by atoms with Crippen LogP contribution in [-0.4, -0.2) is 46.8 Å². The van der Waals surface area contributed by atoms with Gasteiger partial charge in [0.15, 0.2) is 0 Å². The summed E-state index contributed by atoms with van der Waals surface area (Å²) in [5.74, 6) is 0.936. The van der Waals surface area contributed by atoms with Crippen molar-refractivity contribution in [1.29, 1.82) is 0 Å². The van der Waals surface area contributed by atoms with Gasteiger partial charge in [-0.05, 0) is 74.5 Å². The Hall–Kier alpha value is -1.43. The summed E-state index contributed by atoms with van der Waals surface area (Å²) in [6, 6.07) is 6.48. The molecule has 1 aromatic carbocycles. The zero-order chi connectivity index (χ0) is 22.0. The molecule has 0 aromatic heterocycles. The highest BCUT2D eigenvalue weighted by Crippen LogP contribution is 2.43. The van der Waals surface area contributed by atoms with Crippen molar-refractivity contribution in [2.24, 2.45) is 11.8 Å². The summed E-state index contributed by atoms with van der Waals surface area (Å²) in [4.78, 5) is 15.5. The first-order valence-corrected chi connectivity index (χ1v) is 12.4. The molecule has 1 amide bonds. The van der Waals surface area contributed by atoms with Crippen LogP contribution >= 0.6 is 0 Å². The first-order valence-electron chi connectivity index (χ1n) is 12.4. The molecule has 3 atom stereocenters. The molecule has 5 nitrogen and oxygen atoms in total. The SMILES string of the molecule is CC(C)(O)c1ccc2c(c1)C(C1CCCCC1)N(C(=O)CNC[C@@H]1CCC[C@@H]1O)CC2. The minimum atomic E-state index is -0.887. The van der Waals surface area contributed by atoms with Crippen molar-refractivity contribution in [2.75, 3.05) is 19.6 Å². The van der Waals surface area contributed by atoms with Gasteiger partial charge in [0.05, 0.1) is 24.3 Å². The Bertz CT molecular complexity index is 766. The monoisotopic (exact) mass is 428 g/mol. The van der Waals surface area contributed by atoms with Crippen LogP contribution in [0.1, 0.15) is 87.9 Å². The molecule has 0 spiro atoms. The van der Waals surface area contributed by atoms with Crippen LogP contribution in [0.15, 0.2) is 18.2 Å². The number of amides is 1. The van der Waals surface area contributed by atoms with E-state index in [2.05, 4.69) is 22.3 Å². The highest BCUT2D eigenvalue weighted by Gasteiger charge is 2.37. The fourth-order valence-electron chi connectivity index (χ4n) is 5.99. The van der Waals surface area contributed by atoms with Gasteiger partial charge in [0.1, 0.15) is 0 Å². The van der Waals surface area contributed by atoms with Crippen LogP contribution in [0, 0.1) is 11.8 Å². The third-order valence-electron chi connectivity index (χ3n) is 7.85. The van der Waals surface area contributed by atoms with Gasteiger partial charge in [-0.15, -0.1) is 0 Å².